The molecule has 0 saturated heterocycles. The maximum atomic E-state index is 13.3. The quantitative estimate of drug-likeness (QED) is 0.448. The van der Waals surface area contributed by atoms with Crippen molar-refractivity contribution in [3.05, 3.63) is 94.2 Å². The Morgan fingerprint density at radius 1 is 1.03 bits per heavy atom. The average Bonchev–Trinajstić information content (AvgIpc) is 3.05. The van der Waals surface area contributed by atoms with Crippen molar-refractivity contribution in [2.75, 3.05) is 0 Å². The molecule has 5 heteroatoms. The van der Waals surface area contributed by atoms with Gasteiger partial charge in [-0.05, 0) is 49.1 Å². The molecule has 1 aromatic heterocycles. The van der Waals surface area contributed by atoms with Gasteiger partial charge >= 0.3 is 0 Å². The Hall–Kier alpha value is -3.47. The first-order valence-electron chi connectivity index (χ1n) is 9.71. The third-order valence-electron chi connectivity index (χ3n) is 4.97. The van der Waals surface area contributed by atoms with Crippen LogP contribution in [0.5, 0.6) is 0 Å². The van der Waals surface area contributed by atoms with Gasteiger partial charge in [0.2, 0.25) is 0 Å². The molecule has 4 aromatic rings. The van der Waals surface area contributed by atoms with E-state index in [9.17, 15) is 9.18 Å². The molecule has 0 spiro atoms. The van der Waals surface area contributed by atoms with Crippen LogP contribution in [0.4, 0.5) is 10.1 Å². The highest BCUT2D eigenvalue weighted by molar-refractivity contribution is 6.03. The zero-order valence-electron chi connectivity index (χ0n) is 16.4. The number of hydrogen-bond donors (Lipinski definition) is 1. The molecule has 0 atom stereocenters. The number of fused-ring (bicyclic) bond motifs is 1. The van der Waals surface area contributed by atoms with Crippen molar-refractivity contribution in [2.24, 2.45) is 4.99 Å². The molecule has 4 rings (SSSR count). The standard InChI is InChI=1S/C24H22FN3O/c1-3-7-22-23(24(29)28(27-22)19-14-12-18(25)13-15-19)16(2)26-21-11-6-9-17-8-4-5-10-20(17)21/h4-6,8-15,27H,3,7H2,1-2H3. The van der Waals surface area contributed by atoms with E-state index in [0.717, 1.165) is 35.0 Å². The number of nitrogens with one attached hydrogen (secondary N) is 1. The number of hydrogen-bond acceptors (Lipinski definition) is 2. The number of benzene rings is 3. The number of aryl methyl sites for hydroxylation is 1. The monoisotopic (exact) mass is 387 g/mol. The zero-order valence-corrected chi connectivity index (χ0v) is 16.4. The molecule has 0 saturated carbocycles. The first-order chi connectivity index (χ1) is 14.1. The van der Waals surface area contributed by atoms with E-state index in [1.165, 1.54) is 16.8 Å². The van der Waals surface area contributed by atoms with Gasteiger partial charge in [-0.15, -0.1) is 0 Å². The lowest BCUT2D eigenvalue weighted by Gasteiger charge is -2.04. The predicted octanol–water partition coefficient (Wildman–Crippen LogP) is 5.55. The van der Waals surface area contributed by atoms with Crippen LogP contribution in [0.2, 0.25) is 0 Å². The van der Waals surface area contributed by atoms with Gasteiger partial charge in [0, 0.05) is 11.1 Å². The summed E-state index contributed by atoms with van der Waals surface area (Å²) in [6.45, 7) is 3.93. The van der Waals surface area contributed by atoms with Crippen molar-refractivity contribution in [1.82, 2.24) is 9.78 Å². The van der Waals surface area contributed by atoms with Crippen molar-refractivity contribution in [3.63, 3.8) is 0 Å². The first kappa shape index (κ1) is 18.9. The van der Waals surface area contributed by atoms with Crippen molar-refractivity contribution in [2.45, 2.75) is 26.7 Å². The second kappa shape index (κ2) is 7.87. The lowest BCUT2D eigenvalue weighted by Crippen LogP contribution is -2.19. The number of H-pyrrole nitrogens is 1. The summed E-state index contributed by atoms with van der Waals surface area (Å²) < 4.78 is 14.7. The van der Waals surface area contributed by atoms with Gasteiger partial charge in [0.15, 0.2) is 0 Å². The van der Waals surface area contributed by atoms with E-state index >= 15 is 0 Å². The molecule has 0 bridgehead atoms. The molecule has 29 heavy (non-hydrogen) atoms. The van der Waals surface area contributed by atoms with Crippen LogP contribution in [0.15, 0.2) is 76.5 Å². The average molecular weight is 387 g/mol. The third kappa shape index (κ3) is 3.63. The second-order valence-electron chi connectivity index (χ2n) is 7.03. The summed E-state index contributed by atoms with van der Waals surface area (Å²) in [5.74, 6) is -0.337. The maximum absolute atomic E-state index is 13.3. The normalized spacial score (nSPS) is 11.9. The van der Waals surface area contributed by atoms with E-state index < -0.39 is 0 Å². The van der Waals surface area contributed by atoms with Crippen LogP contribution in [0.25, 0.3) is 16.5 Å². The van der Waals surface area contributed by atoms with Gasteiger partial charge in [-0.25, -0.2) is 9.07 Å². The molecular formula is C24H22FN3O. The van der Waals surface area contributed by atoms with Crippen molar-refractivity contribution >= 4 is 22.2 Å². The van der Waals surface area contributed by atoms with Gasteiger partial charge in [-0.2, -0.15) is 0 Å². The van der Waals surface area contributed by atoms with E-state index in [0.29, 0.717) is 17.0 Å². The molecular weight excluding hydrogens is 365 g/mol. The van der Waals surface area contributed by atoms with E-state index in [2.05, 4.69) is 12.0 Å². The Labute approximate surface area is 168 Å². The molecule has 3 aromatic carbocycles. The molecule has 1 N–H and O–H groups in total. The highest BCUT2D eigenvalue weighted by atomic mass is 19.1. The fourth-order valence-electron chi connectivity index (χ4n) is 3.60. The van der Waals surface area contributed by atoms with Gasteiger partial charge in [0.05, 0.1) is 22.6 Å². The van der Waals surface area contributed by atoms with Crippen LogP contribution < -0.4 is 5.56 Å². The summed E-state index contributed by atoms with van der Waals surface area (Å²) in [5.41, 5.74) is 3.32. The summed E-state index contributed by atoms with van der Waals surface area (Å²) in [6, 6.07) is 19.9. The second-order valence-corrected chi connectivity index (χ2v) is 7.03. The molecule has 0 aliphatic rings. The highest BCUT2D eigenvalue weighted by Gasteiger charge is 2.17. The van der Waals surface area contributed by atoms with Gasteiger partial charge in [0.25, 0.3) is 5.56 Å². The summed E-state index contributed by atoms with van der Waals surface area (Å²) in [5, 5.41) is 5.34. The fourth-order valence-corrected chi connectivity index (χ4v) is 3.60. The van der Waals surface area contributed by atoms with Crippen LogP contribution in [-0.4, -0.2) is 15.5 Å². The largest absolute Gasteiger partial charge is 0.294 e. The number of halogens is 1. The number of nitrogens with zero attached hydrogens (tertiary/aromatic N) is 2. The molecule has 146 valence electrons. The van der Waals surface area contributed by atoms with Crippen LogP contribution in [0.3, 0.4) is 0 Å². The number of aromatic amines is 1. The molecule has 0 aliphatic carbocycles. The minimum Gasteiger partial charge on any atom is -0.294 e. The molecule has 0 unspecified atom stereocenters. The van der Waals surface area contributed by atoms with Gasteiger partial charge in [-0.1, -0.05) is 49.7 Å². The Bertz CT molecular complexity index is 1240. The van der Waals surface area contributed by atoms with Crippen LogP contribution >= 0.6 is 0 Å². The SMILES string of the molecule is CCCc1[nH]n(-c2ccc(F)cc2)c(=O)c1C(C)=Nc1cccc2ccccc12. The Kier molecular flexibility index (Phi) is 5.12. The number of aromatic nitrogens is 2. The Morgan fingerprint density at radius 3 is 2.52 bits per heavy atom. The van der Waals surface area contributed by atoms with E-state index in [-0.39, 0.29) is 11.4 Å². The van der Waals surface area contributed by atoms with E-state index in [1.807, 2.05) is 49.4 Å². The lowest BCUT2D eigenvalue weighted by atomic mass is 10.1. The minimum atomic E-state index is -0.337. The molecule has 0 fully saturated rings. The van der Waals surface area contributed by atoms with Crippen LogP contribution in [0, 0.1) is 5.82 Å². The molecule has 4 nitrogen and oxygen atoms in total. The van der Waals surface area contributed by atoms with Gasteiger partial charge in [0.1, 0.15) is 5.82 Å². The third-order valence-corrected chi connectivity index (χ3v) is 4.97. The predicted molar refractivity (Wildman–Crippen MR) is 116 cm³/mol. The number of rotatable bonds is 5. The smallest absolute Gasteiger partial charge is 0.280 e. The summed E-state index contributed by atoms with van der Waals surface area (Å²) in [6.07, 6.45) is 1.61. The van der Waals surface area contributed by atoms with Crippen molar-refractivity contribution in [1.29, 1.82) is 0 Å². The summed E-state index contributed by atoms with van der Waals surface area (Å²) in [7, 11) is 0. The maximum Gasteiger partial charge on any atom is 0.280 e. The van der Waals surface area contributed by atoms with Crippen molar-refractivity contribution < 1.29 is 4.39 Å². The number of aliphatic imine (C=N–C) groups is 1. The molecule has 0 radical (unpaired) electrons. The Balaban J connectivity index is 1.85. The molecule has 0 amide bonds. The van der Waals surface area contributed by atoms with E-state index in [4.69, 9.17) is 4.99 Å². The lowest BCUT2D eigenvalue weighted by molar-refractivity contribution is 0.626. The molecule has 0 aliphatic heterocycles. The van der Waals surface area contributed by atoms with Crippen LogP contribution in [-0.2, 0) is 6.42 Å². The highest BCUT2D eigenvalue weighted by Crippen LogP contribution is 2.26. The van der Waals surface area contributed by atoms with E-state index in [1.54, 1.807) is 12.1 Å². The Morgan fingerprint density at radius 2 is 1.76 bits per heavy atom. The van der Waals surface area contributed by atoms with Crippen molar-refractivity contribution in [3.8, 4) is 5.69 Å². The van der Waals surface area contributed by atoms with Gasteiger partial charge < -0.3 is 0 Å². The minimum absolute atomic E-state index is 0.179. The van der Waals surface area contributed by atoms with Gasteiger partial charge in [-0.3, -0.25) is 14.9 Å². The summed E-state index contributed by atoms with van der Waals surface area (Å²) in [4.78, 5) is 18.0. The fraction of sp³-hybridized carbons (Fsp3) is 0.167. The summed E-state index contributed by atoms with van der Waals surface area (Å²) >= 11 is 0. The zero-order chi connectivity index (χ0) is 20.4. The van der Waals surface area contributed by atoms with Crippen LogP contribution in [0.1, 0.15) is 31.5 Å². The molecule has 1 heterocycles. The first-order valence-corrected chi connectivity index (χ1v) is 9.71. The topological polar surface area (TPSA) is 50.1 Å².